The van der Waals surface area contributed by atoms with E-state index in [2.05, 4.69) is 10.1 Å². The number of carboxylic acids is 1. The Labute approximate surface area is 111 Å². The molecular weight excluding hydrogens is 252 g/mol. The molecule has 0 saturated carbocycles. The Bertz CT molecular complexity index is 380. The van der Waals surface area contributed by atoms with Gasteiger partial charge in [0.2, 0.25) is 0 Å². The molecule has 0 radical (unpaired) electrons. The van der Waals surface area contributed by atoms with E-state index >= 15 is 0 Å². The maximum atomic E-state index is 12.0. The molecule has 1 aliphatic heterocycles. The summed E-state index contributed by atoms with van der Waals surface area (Å²) in [6.45, 7) is 3.59. The Hall–Kier alpha value is -1.79. The van der Waals surface area contributed by atoms with Crippen molar-refractivity contribution in [3.63, 3.8) is 0 Å². The van der Waals surface area contributed by atoms with Gasteiger partial charge in [0, 0.05) is 13.1 Å². The highest BCUT2D eigenvalue weighted by atomic mass is 16.5. The van der Waals surface area contributed by atoms with Crippen LogP contribution in [0.3, 0.4) is 0 Å². The van der Waals surface area contributed by atoms with Crippen LogP contribution >= 0.6 is 0 Å². The molecule has 108 valence electrons. The number of carboxylic acid groups (broad SMARTS) is 1. The van der Waals surface area contributed by atoms with Crippen LogP contribution in [0, 0.1) is 5.92 Å². The minimum atomic E-state index is -1.34. The fourth-order valence-electron chi connectivity index (χ4n) is 1.92. The van der Waals surface area contributed by atoms with Crippen LogP contribution in [0.1, 0.15) is 26.7 Å². The first-order valence-corrected chi connectivity index (χ1v) is 6.16. The number of nitrogens with zero attached hydrogens (tertiary/aromatic N) is 1. The second kappa shape index (κ2) is 5.90. The third-order valence-corrected chi connectivity index (χ3v) is 3.20. The molecule has 1 heterocycles. The fourth-order valence-corrected chi connectivity index (χ4v) is 1.92. The van der Waals surface area contributed by atoms with Gasteiger partial charge in [-0.25, -0.2) is 9.59 Å². The number of hydrogen-bond donors (Lipinski definition) is 2. The van der Waals surface area contributed by atoms with Crippen LogP contribution in [0.25, 0.3) is 0 Å². The van der Waals surface area contributed by atoms with E-state index in [1.165, 1.54) is 25.9 Å². The summed E-state index contributed by atoms with van der Waals surface area (Å²) in [4.78, 5) is 35.8. The van der Waals surface area contributed by atoms with Gasteiger partial charge in [0.15, 0.2) is 0 Å². The summed E-state index contributed by atoms with van der Waals surface area (Å²) in [6, 6.07) is -0.471. The maximum absolute atomic E-state index is 12.0. The number of hydrogen-bond acceptors (Lipinski definition) is 4. The minimum absolute atomic E-state index is 0.258. The number of carbonyl (C=O) groups is 3. The van der Waals surface area contributed by atoms with Crippen molar-refractivity contribution in [2.75, 3.05) is 20.2 Å². The summed E-state index contributed by atoms with van der Waals surface area (Å²) in [5.41, 5.74) is -1.34. The van der Waals surface area contributed by atoms with Gasteiger partial charge in [0.25, 0.3) is 0 Å². The third-order valence-electron chi connectivity index (χ3n) is 3.20. The van der Waals surface area contributed by atoms with Crippen molar-refractivity contribution < 1.29 is 24.2 Å². The number of likely N-dealkylation sites (tertiary alicyclic amines) is 1. The highest BCUT2D eigenvalue weighted by Gasteiger charge is 2.34. The summed E-state index contributed by atoms with van der Waals surface area (Å²) < 4.78 is 4.67. The molecule has 19 heavy (non-hydrogen) atoms. The monoisotopic (exact) mass is 272 g/mol. The molecule has 1 unspecified atom stereocenters. The Morgan fingerprint density at radius 3 is 2.53 bits per heavy atom. The first-order valence-electron chi connectivity index (χ1n) is 6.16. The second-order valence-corrected chi connectivity index (χ2v) is 5.17. The first kappa shape index (κ1) is 15.3. The molecule has 2 N–H and O–H groups in total. The lowest BCUT2D eigenvalue weighted by molar-refractivity contribution is -0.147. The predicted octanol–water partition coefficient (Wildman–Crippen LogP) is 0.444. The summed E-state index contributed by atoms with van der Waals surface area (Å²) >= 11 is 0. The largest absolute Gasteiger partial charge is 0.480 e. The van der Waals surface area contributed by atoms with Gasteiger partial charge in [-0.2, -0.15) is 0 Å². The van der Waals surface area contributed by atoms with E-state index in [0.717, 1.165) is 0 Å². The van der Waals surface area contributed by atoms with Crippen LogP contribution in [0.5, 0.6) is 0 Å². The number of aliphatic carboxylic acids is 1. The number of nitrogens with one attached hydrogen (secondary N) is 1. The van der Waals surface area contributed by atoms with Crippen molar-refractivity contribution in [2.45, 2.75) is 32.2 Å². The number of ether oxygens (including phenoxy) is 1. The highest BCUT2D eigenvalue weighted by molar-refractivity contribution is 5.85. The van der Waals surface area contributed by atoms with Crippen molar-refractivity contribution >= 4 is 18.0 Å². The summed E-state index contributed by atoms with van der Waals surface area (Å²) in [5.74, 6) is -1.78. The van der Waals surface area contributed by atoms with Crippen LogP contribution < -0.4 is 5.32 Å². The Morgan fingerprint density at radius 2 is 2.00 bits per heavy atom. The summed E-state index contributed by atoms with van der Waals surface area (Å²) in [6.07, 6.45) is 1.37. The van der Waals surface area contributed by atoms with E-state index in [1.54, 1.807) is 0 Å². The zero-order chi connectivity index (χ0) is 14.6. The van der Waals surface area contributed by atoms with E-state index < -0.39 is 17.5 Å². The quantitative estimate of drug-likeness (QED) is 0.727. The topological polar surface area (TPSA) is 95.9 Å². The first-order chi connectivity index (χ1) is 8.77. The normalized spacial score (nSPS) is 19.7. The molecule has 7 heteroatoms. The number of urea groups is 1. The molecule has 0 spiro atoms. The van der Waals surface area contributed by atoms with Crippen LogP contribution in [-0.2, 0) is 14.3 Å². The van der Waals surface area contributed by atoms with Crippen molar-refractivity contribution in [1.29, 1.82) is 0 Å². The number of piperidine rings is 1. The van der Waals surface area contributed by atoms with Gasteiger partial charge < -0.3 is 20.1 Å². The average Bonchev–Trinajstić information content (AvgIpc) is 2.37. The van der Waals surface area contributed by atoms with Gasteiger partial charge in [-0.15, -0.1) is 0 Å². The van der Waals surface area contributed by atoms with Gasteiger partial charge in [-0.3, -0.25) is 4.79 Å². The lowest BCUT2D eigenvalue weighted by Crippen LogP contribution is -2.56. The molecule has 0 aromatic rings. The van der Waals surface area contributed by atoms with Crippen LogP contribution in [0.4, 0.5) is 4.79 Å². The molecule has 1 aliphatic rings. The average molecular weight is 272 g/mol. The van der Waals surface area contributed by atoms with E-state index in [0.29, 0.717) is 19.4 Å². The zero-order valence-electron chi connectivity index (χ0n) is 11.4. The van der Waals surface area contributed by atoms with E-state index in [9.17, 15) is 14.4 Å². The Kier molecular flexibility index (Phi) is 4.74. The molecule has 1 saturated heterocycles. The zero-order valence-corrected chi connectivity index (χ0v) is 11.4. The van der Waals surface area contributed by atoms with Gasteiger partial charge >= 0.3 is 18.0 Å². The van der Waals surface area contributed by atoms with Crippen molar-refractivity contribution in [3.05, 3.63) is 0 Å². The summed E-state index contributed by atoms with van der Waals surface area (Å²) in [7, 11) is 1.31. The smallest absolute Gasteiger partial charge is 0.328 e. The van der Waals surface area contributed by atoms with E-state index in [1.807, 2.05) is 0 Å². The molecule has 0 aliphatic carbocycles. The lowest BCUT2D eigenvalue weighted by atomic mass is 9.98. The SMILES string of the molecule is COC(=O)C1CCCN(C(=O)NC(C)(C)C(=O)O)C1. The van der Waals surface area contributed by atoms with Crippen LogP contribution in [-0.4, -0.2) is 53.7 Å². The molecule has 2 amide bonds. The minimum Gasteiger partial charge on any atom is -0.480 e. The van der Waals surface area contributed by atoms with Gasteiger partial charge in [0.05, 0.1) is 13.0 Å². The Balaban J connectivity index is 2.62. The predicted molar refractivity (Wildman–Crippen MR) is 66.6 cm³/mol. The van der Waals surface area contributed by atoms with Gasteiger partial charge in [0.1, 0.15) is 5.54 Å². The number of methoxy groups -OCH3 is 1. The standard InChI is InChI=1S/C12H20N2O5/c1-12(2,10(16)17)13-11(18)14-6-4-5-8(7-14)9(15)19-3/h8H,4-7H2,1-3H3,(H,13,18)(H,16,17). The van der Waals surface area contributed by atoms with Crippen molar-refractivity contribution in [3.8, 4) is 0 Å². The number of rotatable bonds is 3. The molecule has 0 bridgehead atoms. The number of carbonyl (C=O) groups excluding carboxylic acids is 2. The van der Waals surface area contributed by atoms with Crippen LogP contribution in [0.15, 0.2) is 0 Å². The molecule has 1 atom stereocenters. The highest BCUT2D eigenvalue weighted by Crippen LogP contribution is 2.18. The lowest BCUT2D eigenvalue weighted by Gasteiger charge is -2.33. The molecule has 1 rings (SSSR count). The van der Waals surface area contributed by atoms with E-state index in [4.69, 9.17) is 5.11 Å². The fraction of sp³-hybridized carbons (Fsp3) is 0.750. The molecule has 0 aromatic heterocycles. The van der Waals surface area contributed by atoms with Crippen molar-refractivity contribution in [1.82, 2.24) is 10.2 Å². The molecular formula is C12H20N2O5. The van der Waals surface area contributed by atoms with Crippen LogP contribution in [0.2, 0.25) is 0 Å². The second-order valence-electron chi connectivity index (χ2n) is 5.17. The third kappa shape index (κ3) is 3.84. The van der Waals surface area contributed by atoms with Crippen molar-refractivity contribution in [2.24, 2.45) is 5.92 Å². The maximum Gasteiger partial charge on any atom is 0.328 e. The van der Waals surface area contributed by atoms with E-state index in [-0.39, 0.29) is 18.4 Å². The number of esters is 1. The molecule has 1 fully saturated rings. The molecule has 0 aromatic carbocycles. The summed E-state index contributed by atoms with van der Waals surface area (Å²) in [5, 5.41) is 11.4. The van der Waals surface area contributed by atoms with Gasteiger partial charge in [-0.1, -0.05) is 0 Å². The number of amides is 2. The van der Waals surface area contributed by atoms with Gasteiger partial charge in [-0.05, 0) is 26.7 Å². The Morgan fingerprint density at radius 1 is 1.37 bits per heavy atom. The molecule has 7 nitrogen and oxygen atoms in total.